The SMILES string of the molecule is CCc1cc(N(CC)CCCO)nc(C)n1. The Balaban J connectivity index is 2.86. The van der Waals surface area contributed by atoms with Crippen LogP contribution in [-0.2, 0) is 6.42 Å². The van der Waals surface area contributed by atoms with E-state index in [2.05, 4.69) is 28.7 Å². The van der Waals surface area contributed by atoms with Gasteiger partial charge in [-0.15, -0.1) is 0 Å². The van der Waals surface area contributed by atoms with Crippen molar-refractivity contribution in [3.05, 3.63) is 17.6 Å². The van der Waals surface area contributed by atoms with E-state index >= 15 is 0 Å². The van der Waals surface area contributed by atoms with Crippen LogP contribution in [0.1, 0.15) is 31.8 Å². The molecule has 90 valence electrons. The second-order valence-corrected chi connectivity index (χ2v) is 3.78. The van der Waals surface area contributed by atoms with Gasteiger partial charge < -0.3 is 10.0 Å². The van der Waals surface area contributed by atoms with Crippen molar-refractivity contribution >= 4 is 5.82 Å². The van der Waals surface area contributed by atoms with Crippen molar-refractivity contribution in [3.8, 4) is 0 Å². The Kier molecular flexibility index (Phi) is 5.19. The molecule has 0 bridgehead atoms. The molecule has 1 heterocycles. The number of rotatable bonds is 6. The quantitative estimate of drug-likeness (QED) is 0.795. The van der Waals surface area contributed by atoms with Gasteiger partial charge in [0.25, 0.3) is 0 Å². The molecule has 0 aliphatic heterocycles. The van der Waals surface area contributed by atoms with Crippen LogP contribution < -0.4 is 4.90 Å². The fraction of sp³-hybridized carbons (Fsp3) is 0.667. The first-order chi connectivity index (χ1) is 7.71. The Morgan fingerprint density at radius 3 is 2.62 bits per heavy atom. The zero-order chi connectivity index (χ0) is 12.0. The molecule has 0 saturated heterocycles. The minimum atomic E-state index is 0.223. The van der Waals surface area contributed by atoms with E-state index in [9.17, 15) is 0 Å². The Labute approximate surface area is 97.3 Å². The highest BCUT2D eigenvalue weighted by molar-refractivity contribution is 5.39. The topological polar surface area (TPSA) is 49.2 Å². The maximum atomic E-state index is 8.85. The lowest BCUT2D eigenvalue weighted by molar-refractivity contribution is 0.289. The van der Waals surface area contributed by atoms with Crippen molar-refractivity contribution in [2.24, 2.45) is 0 Å². The number of aliphatic hydroxyl groups is 1. The number of aryl methyl sites for hydroxylation is 2. The molecule has 0 unspecified atom stereocenters. The van der Waals surface area contributed by atoms with Crippen LogP contribution >= 0.6 is 0 Å². The molecule has 0 aliphatic carbocycles. The van der Waals surface area contributed by atoms with Crippen LogP contribution in [0.3, 0.4) is 0 Å². The van der Waals surface area contributed by atoms with E-state index in [4.69, 9.17) is 5.11 Å². The van der Waals surface area contributed by atoms with Gasteiger partial charge in [-0.05, 0) is 26.7 Å². The molecule has 0 aliphatic rings. The average molecular weight is 223 g/mol. The van der Waals surface area contributed by atoms with E-state index in [1.165, 1.54) is 0 Å². The highest BCUT2D eigenvalue weighted by Crippen LogP contribution is 2.13. The Morgan fingerprint density at radius 2 is 2.06 bits per heavy atom. The summed E-state index contributed by atoms with van der Waals surface area (Å²) < 4.78 is 0. The van der Waals surface area contributed by atoms with E-state index in [1.54, 1.807) is 0 Å². The Hall–Kier alpha value is -1.16. The first-order valence-electron chi connectivity index (χ1n) is 5.91. The molecule has 16 heavy (non-hydrogen) atoms. The summed E-state index contributed by atoms with van der Waals surface area (Å²) in [6, 6.07) is 2.04. The van der Waals surface area contributed by atoms with Gasteiger partial charge in [0.05, 0.1) is 0 Å². The molecule has 0 atom stereocenters. The summed E-state index contributed by atoms with van der Waals surface area (Å²) in [5, 5.41) is 8.85. The predicted octanol–water partition coefficient (Wildman–Crippen LogP) is 1.56. The number of anilines is 1. The summed E-state index contributed by atoms with van der Waals surface area (Å²) in [6.07, 6.45) is 1.70. The van der Waals surface area contributed by atoms with Gasteiger partial charge in [0.2, 0.25) is 0 Å². The lowest BCUT2D eigenvalue weighted by Gasteiger charge is -2.22. The zero-order valence-corrected chi connectivity index (χ0v) is 10.4. The molecular formula is C12H21N3O. The number of nitrogens with zero attached hydrogens (tertiary/aromatic N) is 3. The lowest BCUT2D eigenvalue weighted by Crippen LogP contribution is -2.26. The van der Waals surface area contributed by atoms with E-state index in [0.717, 1.165) is 43.3 Å². The minimum absolute atomic E-state index is 0.223. The van der Waals surface area contributed by atoms with E-state index < -0.39 is 0 Å². The largest absolute Gasteiger partial charge is 0.396 e. The molecule has 4 heteroatoms. The molecule has 1 N–H and O–H groups in total. The summed E-state index contributed by atoms with van der Waals surface area (Å²) in [6.45, 7) is 8.08. The third kappa shape index (κ3) is 3.45. The van der Waals surface area contributed by atoms with Gasteiger partial charge in [0.15, 0.2) is 0 Å². The van der Waals surface area contributed by atoms with Crippen LogP contribution in [-0.4, -0.2) is 34.8 Å². The molecule has 0 amide bonds. The maximum Gasteiger partial charge on any atom is 0.132 e. The summed E-state index contributed by atoms with van der Waals surface area (Å²) in [4.78, 5) is 11.0. The minimum Gasteiger partial charge on any atom is -0.396 e. The van der Waals surface area contributed by atoms with Gasteiger partial charge in [-0.2, -0.15) is 0 Å². The average Bonchev–Trinajstić information content (AvgIpc) is 2.29. The predicted molar refractivity (Wildman–Crippen MR) is 65.7 cm³/mol. The van der Waals surface area contributed by atoms with E-state index in [-0.39, 0.29) is 6.61 Å². The first-order valence-corrected chi connectivity index (χ1v) is 5.91. The molecule has 1 aromatic rings. The van der Waals surface area contributed by atoms with Gasteiger partial charge in [-0.25, -0.2) is 9.97 Å². The number of hydrogen-bond acceptors (Lipinski definition) is 4. The van der Waals surface area contributed by atoms with Gasteiger partial charge in [0.1, 0.15) is 11.6 Å². The molecule has 0 aromatic carbocycles. The van der Waals surface area contributed by atoms with Crippen LogP contribution in [0, 0.1) is 6.92 Å². The third-order valence-corrected chi connectivity index (χ3v) is 2.53. The highest BCUT2D eigenvalue weighted by Gasteiger charge is 2.07. The summed E-state index contributed by atoms with van der Waals surface area (Å²) in [5.74, 6) is 1.79. The van der Waals surface area contributed by atoms with E-state index in [0.29, 0.717) is 0 Å². The van der Waals surface area contributed by atoms with Crippen molar-refractivity contribution in [2.45, 2.75) is 33.6 Å². The van der Waals surface area contributed by atoms with Crippen LogP contribution in [0.15, 0.2) is 6.07 Å². The molecule has 0 fully saturated rings. The normalized spacial score (nSPS) is 10.5. The second-order valence-electron chi connectivity index (χ2n) is 3.78. The van der Waals surface area contributed by atoms with Crippen LogP contribution in [0.5, 0.6) is 0 Å². The molecule has 4 nitrogen and oxygen atoms in total. The molecule has 0 radical (unpaired) electrons. The second kappa shape index (κ2) is 6.43. The van der Waals surface area contributed by atoms with Crippen molar-refractivity contribution in [1.29, 1.82) is 0 Å². The monoisotopic (exact) mass is 223 g/mol. The summed E-state index contributed by atoms with van der Waals surface area (Å²) in [5.41, 5.74) is 1.07. The van der Waals surface area contributed by atoms with Crippen LogP contribution in [0.25, 0.3) is 0 Å². The van der Waals surface area contributed by atoms with Crippen molar-refractivity contribution in [3.63, 3.8) is 0 Å². The summed E-state index contributed by atoms with van der Waals surface area (Å²) in [7, 11) is 0. The Bertz CT molecular complexity index is 328. The maximum absolute atomic E-state index is 8.85. The van der Waals surface area contributed by atoms with Gasteiger partial charge >= 0.3 is 0 Å². The Morgan fingerprint density at radius 1 is 1.31 bits per heavy atom. The van der Waals surface area contributed by atoms with Gasteiger partial charge in [-0.1, -0.05) is 6.92 Å². The van der Waals surface area contributed by atoms with Crippen LogP contribution in [0.4, 0.5) is 5.82 Å². The first kappa shape index (κ1) is 12.9. The standard InChI is InChI=1S/C12H21N3O/c1-4-11-9-12(14-10(3)13-11)15(5-2)7-6-8-16/h9,16H,4-8H2,1-3H3. The van der Waals surface area contributed by atoms with Crippen molar-refractivity contribution < 1.29 is 5.11 Å². The number of aromatic nitrogens is 2. The van der Waals surface area contributed by atoms with Gasteiger partial charge in [-0.3, -0.25) is 0 Å². The smallest absolute Gasteiger partial charge is 0.132 e. The fourth-order valence-electron chi connectivity index (χ4n) is 1.65. The molecular weight excluding hydrogens is 202 g/mol. The third-order valence-electron chi connectivity index (χ3n) is 2.53. The molecule has 1 aromatic heterocycles. The van der Waals surface area contributed by atoms with Gasteiger partial charge in [0, 0.05) is 31.5 Å². The van der Waals surface area contributed by atoms with Crippen molar-refractivity contribution in [2.75, 3.05) is 24.6 Å². The molecule has 0 spiro atoms. The molecule has 1 rings (SSSR count). The highest BCUT2D eigenvalue weighted by atomic mass is 16.3. The number of hydrogen-bond donors (Lipinski definition) is 1. The summed E-state index contributed by atoms with van der Waals surface area (Å²) >= 11 is 0. The van der Waals surface area contributed by atoms with Crippen LogP contribution in [0.2, 0.25) is 0 Å². The lowest BCUT2D eigenvalue weighted by atomic mass is 10.3. The fourth-order valence-corrected chi connectivity index (χ4v) is 1.65. The molecule has 0 saturated carbocycles. The number of aliphatic hydroxyl groups excluding tert-OH is 1. The van der Waals surface area contributed by atoms with E-state index in [1.807, 2.05) is 13.0 Å². The van der Waals surface area contributed by atoms with Crippen molar-refractivity contribution in [1.82, 2.24) is 9.97 Å². The zero-order valence-electron chi connectivity index (χ0n) is 10.4.